The summed E-state index contributed by atoms with van der Waals surface area (Å²) in [6.07, 6.45) is 4.70. The highest BCUT2D eigenvalue weighted by Crippen LogP contribution is 2.35. The molecule has 5 N–H and O–H groups in total. The SMILES string of the molecule is NCCOCCOCCNc1nc(Nc2ccc3c(c2)OCO3)nc(NC2CCCC2)n1. The molecule has 4 rings (SSSR count). The lowest BCUT2D eigenvalue weighted by Crippen LogP contribution is -2.19. The molecular formula is C21H31N7O4. The number of fused-ring (bicyclic) bond motifs is 1. The molecule has 0 spiro atoms. The number of benzene rings is 1. The van der Waals surface area contributed by atoms with Gasteiger partial charge in [0.15, 0.2) is 11.5 Å². The lowest BCUT2D eigenvalue weighted by molar-refractivity contribution is 0.0547. The average Bonchev–Trinajstić information content (AvgIpc) is 3.47. The second-order valence-corrected chi connectivity index (χ2v) is 7.57. The van der Waals surface area contributed by atoms with Crippen LogP contribution >= 0.6 is 0 Å². The van der Waals surface area contributed by atoms with Crippen molar-refractivity contribution in [3.05, 3.63) is 18.2 Å². The first-order valence-electron chi connectivity index (χ1n) is 11.1. The number of rotatable bonds is 13. The third-order valence-corrected chi connectivity index (χ3v) is 5.12. The van der Waals surface area contributed by atoms with Crippen molar-refractivity contribution >= 4 is 23.5 Å². The topological polar surface area (TPSA) is 138 Å². The summed E-state index contributed by atoms with van der Waals surface area (Å²) < 4.78 is 21.7. The van der Waals surface area contributed by atoms with Crippen LogP contribution < -0.4 is 31.2 Å². The van der Waals surface area contributed by atoms with Gasteiger partial charge in [0.25, 0.3) is 0 Å². The van der Waals surface area contributed by atoms with Crippen molar-refractivity contribution in [2.45, 2.75) is 31.7 Å². The Morgan fingerprint density at radius 2 is 1.66 bits per heavy atom. The Hall–Kier alpha value is -2.89. The summed E-state index contributed by atoms with van der Waals surface area (Å²) in [7, 11) is 0. The molecule has 0 atom stereocenters. The van der Waals surface area contributed by atoms with Gasteiger partial charge in [-0.2, -0.15) is 15.0 Å². The van der Waals surface area contributed by atoms with E-state index >= 15 is 0 Å². The van der Waals surface area contributed by atoms with Crippen molar-refractivity contribution in [1.82, 2.24) is 15.0 Å². The van der Waals surface area contributed by atoms with Gasteiger partial charge in [0.05, 0.1) is 26.4 Å². The maximum Gasteiger partial charge on any atom is 0.233 e. The number of ether oxygens (including phenoxy) is 4. The Labute approximate surface area is 187 Å². The first-order valence-corrected chi connectivity index (χ1v) is 11.1. The van der Waals surface area contributed by atoms with Crippen LogP contribution in [0.15, 0.2) is 18.2 Å². The molecule has 0 unspecified atom stereocenters. The summed E-state index contributed by atoms with van der Waals surface area (Å²) in [4.78, 5) is 13.6. The lowest BCUT2D eigenvalue weighted by Gasteiger charge is -2.15. The Morgan fingerprint density at radius 3 is 2.50 bits per heavy atom. The van der Waals surface area contributed by atoms with Crippen molar-refractivity contribution in [3.8, 4) is 11.5 Å². The van der Waals surface area contributed by atoms with E-state index in [1.165, 1.54) is 12.8 Å². The summed E-state index contributed by atoms with van der Waals surface area (Å²) >= 11 is 0. The number of nitrogens with one attached hydrogen (secondary N) is 3. The zero-order valence-corrected chi connectivity index (χ0v) is 18.1. The van der Waals surface area contributed by atoms with Crippen molar-refractivity contribution in [1.29, 1.82) is 0 Å². The highest BCUT2D eigenvalue weighted by Gasteiger charge is 2.18. The van der Waals surface area contributed by atoms with Crippen LogP contribution in [-0.2, 0) is 9.47 Å². The highest BCUT2D eigenvalue weighted by molar-refractivity contribution is 5.61. The van der Waals surface area contributed by atoms with Crippen LogP contribution in [0.25, 0.3) is 0 Å². The molecule has 0 radical (unpaired) electrons. The third-order valence-electron chi connectivity index (χ3n) is 5.12. The fraction of sp³-hybridized carbons (Fsp3) is 0.571. The van der Waals surface area contributed by atoms with Gasteiger partial charge in [0.2, 0.25) is 24.6 Å². The fourth-order valence-electron chi connectivity index (χ4n) is 3.57. The Kier molecular flexibility index (Phi) is 8.12. The second-order valence-electron chi connectivity index (χ2n) is 7.57. The third kappa shape index (κ3) is 6.55. The number of aromatic nitrogens is 3. The maximum absolute atomic E-state index is 5.55. The van der Waals surface area contributed by atoms with Crippen molar-refractivity contribution in [2.24, 2.45) is 5.73 Å². The zero-order chi connectivity index (χ0) is 22.0. The van der Waals surface area contributed by atoms with Gasteiger partial charge in [0.1, 0.15) is 0 Å². The number of hydrogen-bond acceptors (Lipinski definition) is 11. The average molecular weight is 446 g/mol. The molecule has 2 aliphatic rings. The van der Waals surface area contributed by atoms with E-state index in [0.717, 1.165) is 24.3 Å². The summed E-state index contributed by atoms with van der Waals surface area (Å²) in [5.41, 5.74) is 6.19. The molecule has 1 saturated carbocycles. The maximum atomic E-state index is 5.55. The predicted molar refractivity (Wildman–Crippen MR) is 121 cm³/mol. The number of nitrogens with two attached hydrogens (primary N) is 1. The van der Waals surface area contributed by atoms with Gasteiger partial charge in [-0.3, -0.25) is 0 Å². The first-order chi connectivity index (χ1) is 15.8. The first kappa shape index (κ1) is 22.3. The van der Waals surface area contributed by atoms with Gasteiger partial charge < -0.3 is 40.6 Å². The van der Waals surface area contributed by atoms with Crippen LogP contribution in [0.1, 0.15) is 25.7 Å². The fourth-order valence-corrected chi connectivity index (χ4v) is 3.57. The van der Waals surface area contributed by atoms with E-state index in [0.29, 0.717) is 69.2 Å². The van der Waals surface area contributed by atoms with Crippen LogP contribution in [-0.4, -0.2) is 67.3 Å². The van der Waals surface area contributed by atoms with Crippen LogP contribution in [0, 0.1) is 0 Å². The number of nitrogens with zero attached hydrogens (tertiary/aromatic N) is 3. The molecule has 2 aromatic rings. The summed E-state index contributed by atoms with van der Waals surface area (Å²) in [6, 6.07) is 6.01. The van der Waals surface area contributed by atoms with Crippen LogP contribution in [0.4, 0.5) is 23.5 Å². The highest BCUT2D eigenvalue weighted by atomic mass is 16.7. The minimum Gasteiger partial charge on any atom is -0.454 e. The molecule has 1 aliphatic heterocycles. The van der Waals surface area contributed by atoms with E-state index in [2.05, 4.69) is 30.9 Å². The van der Waals surface area contributed by atoms with E-state index in [4.69, 9.17) is 24.7 Å². The van der Waals surface area contributed by atoms with E-state index in [9.17, 15) is 0 Å². The van der Waals surface area contributed by atoms with E-state index in [-0.39, 0.29) is 6.79 Å². The van der Waals surface area contributed by atoms with Crippen LogP contribution in [0.3, 0.4) is 0 Å². The monoisotopic (exact) mass is 445 g/mol. The van der Waals surface area contributed by atoms with Gasteiger partial charge in [0, 0.05) is 30.9 Å². The number of anilines is 4. The molecular weight excluding hydrogens is 414 g/mol. The predicted octanol–water partition coefficient (Wildman–Crippen LogP) is 2.10. The van der Waals surface area contributed by atoms with E-state index in [1.807, 2.05) is 18.2 Å². The number of hydrogen-bond donors (Lipinski definition) is 4. The van der Waals surface area contributed by atoms with Gasteiger partial charge in [-0.15, -0.1) is 0 Å². The van der Waals surface area contributed by atoms with Crippen molar-refractivity contribution < 1.29 is 18.9 Å². The second kappa shape index (κ2) is 11.7. The van der Waals surface area contributed by atoms with Gasteiger partial charge >= 0.3 is 0 Å². The van der Waals surface area contributed by atoms with Gasteiger partial charge in [-0.1, -0.05) is 12.8 Å². The minimum atomic E-state index is 0.231. The Balaban J connectivity index is 1.36. The molecule has 1 aromatic carbocycles. The molecule has 1 fully saturated rings. The largest absolute Gasteiger partial charge is 0.454 e. The molecule has 11 heteroatoms. The smallest absolute Gasteiger partial charge is 0.233 e. The van der Waals surface area contributed by atoms with Gasteiger partial charge in [-0.25, -0.2) is 0 Å². The zero-order valence-electron chi connectivity index (χ0n) is 18.1. The Morgan fingerprint density at radius 1 is 0.906 bits per heavy atom. The summed E-state index contributed by atoms with van der Waals surface area (Å²) in [5.74, 6) is 2.89. The molecule has 1 aromatic heterocycles. The molecule has 11 nitrogen and oxygen atoms in total. The van der Waals surface area contributed by atoms with E-state index < -0.39 is 0 Å². The lowest BCUT2D eigenvalue weighted by atomic mass is 10.2. The van der Waals surface area contributed by atoms with Gasteiger partial charge in [-0.05, 0) is 25.0 Å². The minimum absolute atomic E-state index is 0.231. The molecule has 0 amide bonds. The molecule has 0 bridgehead atoms. The molecule has 2 heterocycles. The van der Waals surface area contributed by atoms with Crippen molar-refractivity contribution in [3.63, 3.8) is 0 Å². The molecule has 0 saturated heterocycles. The van der Waals surface area contributed by atoms with Crippen LogP contribution in [0.5, 0.6) is 11.5 Å². The standard InChI is InChI=1S/C21H31N7O4/c22-7-9-29-11-12-30-10-8-23-19-26-20(24-15-3-1-2-4-15)28-21(27-19)25-16-5-6-17-18(13-16)32-14-31-17/h5-6,13,15H,1-4,7-12,14,22H2,(H3,23,24,25,26,27,28). The molecule has 174 valence electrons. The van der Waals surface area contributed by atoms with Crippen LogP contribution in [0.2, 0.25) is 0 Å². The Bertz CT molecular complexity index is 864. The van der Waals surface area contributed by atoms with E-state index in [1.54, 1.807) is 0 Å². The summed E-state index contributed by atoms with van der Waals surface area (Å²) in [6.45, 7) is 3.41. The summed E-state index contributed by atoms with van der Waals surface area (Å²) in [5, 5.41) is 9.88. The molecule has 32 heavy (non-hydrogen) atoms. The quantitative estimate of drug-likeness (QED) is 0.337. The molecule has 1 aliphatic carbocycles. The van der Waals surface area contributed by atoms with Crippen molar-refractivity contribution in [2.75, 3.05) is 62.3 Å². The normalized spacial score (nSPS) is 15.2.